The number of carbonyl (C=O) groups is 1. The largest absolute Gasteiger partial charge is 0.444 e. The van der Waals surface area contributed by atoms with Gasteiger partial charge in [0.1, 0.15) is 11.4 Å². The molecule has 1 unspecified atom stereocenters. The Morgan fingerprint density at radius 2 is 2.06 bits per heavy atom. The van der Waals surface area contributed by atoms with Crippen molar-refractivity contribution in [2.45, 2.75) is 52.4 Å². The van der Waals surface area contributed by atoms with Crippen LogP contribution in [0, 0.1) is 6.92 Å². The fraction of sp³-hybridized carbons (Fsp3) is 0.522. The van der Waals surface area contributed by atoms with Crippen molar-refractivity contribution in [3.05, 3.63) is 53.6 Å². The highest BCUT2D eigenvalue weighted by atomic mass is 16.6. The molecule has 0 radical (unpaired) electrons. The van der Waals surface area contributed by atoms with Gasteiger partial charge in [0.15, 0.2) is 5.96 Å². The van der Waals surface area contributed by atoms with E-state index in [-0.39, 0.29) is 12.1 Å². The van der Waals surface area contributed by atoms with E-state index in [2.05, 4.69) is 44.0 Å². The molecule has 1 aromatic heterocycles. The summed E-state index contributed by atoms with van der Waals surface area (Å²) in [4.78, 5) is 25.5. The second-order valence-corrected chi connectivity index (χ2v) is 9.21. The highest BCUT2D eigenvalue weighted by Crippen LogP contribution is 2.19. The van der Waals surface area contributed by atoms with Crippen LogP contribution in [-0.4, -0.2) is 69.2 Å². The zero-order valence-electron chi connectivity index (χ0n) is 18.8. The summed E-state index contributed by atoms with van der Waals surface area (Å²) in [5.74, 6) is 1.94. The minimum absolute atomic E-state index is 0.208. The second kappa shape index (κ2) is 8.61. The molecular weight excluding hydrogens is 392 g/mol. The number of piperazine rings is 1. The number of benzene rings is 1. The van der Waals surface area contributed by atoms with E-state index in [1.165, 1.54) is 11.1 Å². The summed E-state index contributed by atoms with van der Waals surface area (Å²) in [5, 5.41) is 3.50. The van der Waals surface area contributed by atoms with Gasteiger partial charge in [0.05, 0.1) is 12.6 Å². The van der Waals surface area contributed by atoms with E-state index in [4.69, 9.17) is 9.73 Å². The lowest BCUT2D eigenvalue weighted by Crippen LogP contribution is -2.57. The fourth-order valence-corrected chi connectivity index (χ4v) is 4.01. The maximum atomic E-state index is 12.4. The molecule has 0 saturated carbocycles. The zero-order chi connectivity index (χ0) is 22.0. The third-order valence-corrected chi connectivity index (χ3v) is 5.58. The van der Waals surface area contributed by atoms with E-state index in [1.807, 2.05) is 40.1 Å². The van der Waals surface area contributed by atoms with Gasteiger partial charge in [-0.05, 0) is 38.8 Å². The van der Waals surface area contributed by atoms with Crippen molar-refractivity contribution in [1.29, 1.82) is 0 Å². The van der Waals surface area contributed by atoms with Crippen LogP contribution in [0.1, 0.15) is 37.7 Å². The monoisotopic (exact) mass is 424 g/mol. The van der Waals surface area contributed by atoms with Gasteiger partial charge in [-0.1, -0.05) is 24.3 Å². The maximum Gasteiger partial charge on any atom is 0.410 e. The van der Waals surface area contributed by atoms with Gasteiger partial charge in [0.2, 0.25) is 0 Å². The van der Waals surface area contributed by atoms with Crippen LogP contribution in [0.15, 0.2) is 41.7 Å². The predicted octanol–water partition coefficient (Wildman–Crippen LogP) is 2.62. The molecule has 166 valence electrons. The van der Waals surface area contributed by atoms with Crippen LogP contribution in [-0.2, 0) is 17.8 Å². The normalized spacial score (nSPS) is 18.6. The van der Waals surface area contributed by atoms with Gasteiger partial charge in [-0.15, -0.1) is 0 Å². The Morgan fingerprint density at radius 1 is 1.26 bits per heavy atom. The number of aliphatic imine (C=N–C) groups is 1. The van der Waals surface area contributed by atoms with Crippen molar-refractivity contribution in [3.8, 4) is 0 Å². The van der Waals surface area contributed by atoms with Crippen molar-refractivity contribution in [1.82, 2.24) is 24.7 Å². The number of ether oxygens (including phenoxy) is 1. The molecule has 0 spiro atoms. The molecule has 1 saturated heterocycles. The van der Waals surface area contributed by atoms with Crippen LogP contribution in [0.25, 0.3) is 0 Å². The Morgan fingerprint density at radius 3 is 2.81 bits per heavy atom. The number of aromatic nitrogens is 2. The number of rotatable bonds is 4. The first kappa shape index (κ1) is 21.2. The molecule has 1 fully saturated rings. The molecule has 1 aromatic carbocycles. The lowest BCUT2D eigenvalue weighted by molar-refractivity contribution is 0.0137. The van der Waals surface area contributed by atoms with Crippen LogP contribution >= 0.6 is 0 Å². The minimum Gasteiger partial charge on any atom is -0.444 e. The summed E-state index contributed by atoms with van der Waals surface area (Å²) in [6.45, 7) is 12.0. The molecule has 2 aromatic rings. The van der Waals surface area contributed by atoms with E-state index in [0.29, 0.717) is 26.2 Å². The number of aryl methyl sites for hydroxylation is 1. The van der Waals surface area contributed by atoms with Gasteiger partial charge < -0.3 is 24.4 Å². The van der Waals surface area contributed by atoms with Crippen molar-refractivity contribution in [2.24, 2.45) is 4.99 Å². The summed E-state index contributed by atoms with van der Waals surface area (Å²) in [6.07, 6.45) is 3.60. The van der Waals surface area contributed by atoms with Crippen LogP contribution < -0.4 is 5.32 Å². The average Bonchev–Trinajstić information content (AvgIpc) is 3.31. The van der Waals surface area contributed by atoms with Gasteiger partial charge in [-0.3, -0.25) is 4.99 Å². The zero-order valence-corrected chi connectivity index (χ0v) is 18.8. The van der Waals surface area contributed by atoms with Gasteiger partial charge in [-0.2, -0.15) is 0 Å². The van der Waals surface area contributed by atoms with Crippen LogP contribution in [0.3, 0.4) is 0 Å². The van der Waals surface area contributed by atoms with E-state index in [9.17, 15) is 4.79 Å². The van der Waals surface area contributed by atoms with Gasteiger partial charge >= 0.3 is 6.09 Å². The maximum absolute atomic E-state index is 12.4. The molecule has 8 heteroatoms. The highest BCUT2D eigenvalue weighted by molar-refractivity contribution is 5.82. The molecule has 2 aliphatic rings. The molecule has 2 aliphatic heterocycles. The van der Waals surface area contributed by atoms with E-state index < -0.39 is 5.60 Å². The molecule has 4 rings (SSSR count). The first-order chi connectivity index (χ1) is 14.8. The molecule has 1 atom stereocenters. The SMILES string of the molecule is Cc1nccn1Cc1cccc(CNC2=NCC3CN(C(=O)OC(C)(C)C)CCN23)c1. The quantitative estimate of drug-likeness (QED) is 0.817. The molecular formula is C23H32N6O2. The molecule has 31 heavy (non-hydrogen) atoms. The second-order valence-electron chi connectivity index (χ2n) is 9.21. The molecule has 0 aliphatic carbocycles. The third kappa shape index (κ3) is 5.18. The fourth-order valence-electron chi connectivity index (χ4n) is 4.01. The minimum atomic E-state index is -0.474. The summed E-state index contributed by atoms with van der Waals surface area (Å²) in [6, 6.07) is 8.80. The first-order valence-electron chi connectivity index (χ1n) is 10.9. The Balaban J connectivity index is 1.30. The number of hydrogen-bond acceptors (Lipinski definition) is 6. The van der Waals surface area contributed by atoms with Crippen molar-refractivity contribution >= 4 is 12.1 Å². The number of amides is 1. The average molecular weight is 425 g/mol. The number of carbonyl (C=O) groups excluding carboxylic acids is 1. The number of nitrogens with one attached hydrogen (secondary N) is 1. The number of nitrogens with zero attached hydrogens (tertiary/aromatic N) is 5. The molecule has 8 nitrogen and oxygen atoms in total. The Hall–Kier alpha value is -3.03. The Labute approximate surface area is 183 Å². The summed E-state index contributed by atoms with van der Waals surface area (Å²) < 4.78 is 7.66. The topological polar surface area (TPSA) is 75.0 Å². The van der Waals surface area contributed by atoms with Crippen LogP contribution in [0.4, 0.5) is 4.79 Å². The first-order valence-corrected chi connectivity index (χ1v) is 10.9. The van der Waals surface area contributed by atoms with Gasteiger partial charge in [0, 0.05) is 45.1 Å². The molecule has 3 heterocycles. The Kier molecular flexibility index (Phi) is 5.89. The summed E-state index contributed by atoms with van der Waals surface area (Å²) in [7, 11) is 0. The van der Waals surface area contributed by atoms with Crippen LogP contribution in [0.5, 0.6) is 0 Å². The standard InChI is InChI=1S/C23H32N6O2/c1-17-24-8-9-27(17)15-19-7-5-6-18(12-19)13-25-21-26-14-20-16-28(10-11-29(20)21)22(30)31-23(2,3)4/h5-9,12,20H,10-11,13-16H2,1-4H3,(H,25,26). The summed E-state index contributed by atoms with van der Waals surface area (Å²) in [5.41, 5.74) is 1.99. The lowest BCUT2D eigenvalue weighted by atomic mass is 10.1. The number of hydrogen-bond donors (Lipinski definition) is 1. The Bertz CT molecular complexity index is 961. The number of guanidine groups is 1. The van der Waals surface area contributed by atoms with Crippen molar-refractivity contribution in [3.63, 3.8) is 0 Å². The number of imidazole rings is 1. The highest BCUT2D eigenvalue weighted by Gasteiger charge is 2.36. The number of fused-ring (bicyclic) bond motifs is 1. The van der Waals surface area contributed by atoms with Gasteiger partial charge in [-0.25, -0.2) is 9.78 Å². The van der Waals surface area contributed by atoms with Crippen molar-refractivity contribution in [2.75, 3.05) is 26.2 Å². The molecule has 1 N–H and O–H groups in total. The third-order valence-electron chi connectivity index (χ3n) is 5.58. The van der Waals surface area contributed by atoms with Gasteiger partial charge in [0.25, 0.3) is 0 Å². The van der Waals surface area contributed by atoms with E-state index in [1.54, 1.807) is 4.90 Å². The van der Waals surface area contributed by atoms with Crippen molar-refractivity contribution < 1.29 is 9.53 Å². The van der Waals surface area contributed by atoms with E-state index >= 15 is 0 Å². The molecule has 0 bridgehead atoms. The molecule has 1 amide bonds. The van der Waals surface area contributed by atoms with Crippen LogP contribution in [0.2, 0.25) is 0 Å². The predicted molar refractivity (Wildman–Crippen MR) is 120 cm³/mol. The lowest BCUT2D eigenvalue weighted by Gasteiger charge is -2.39. The smallest absolute Gasteiger partial charge is 0.410 e. The van der Waals surface area contributed by atoms with E-state index in [0.717, 1.165) is 24.9 Å². The summed E-state index contributed by atoms with van der Waals surface area (Å²) >= 11 is 0.